The van der Waals surface area contributed by atoms with E-state index in [0.717, 1.165) is 21.7 Å². The van der Waals surface area contributed by atoms with Gasteiger partial charge in [0.2, 0.25) is 11.8 Å². The highest BCUT2D eigenvalue weighted by Gasteiger charge is 2.43. The fourth-order valence-electron chi connectivity index (χ4n) is 4.29. The molecule has 1 fully saturated rings. The summed E-state index contributed by atoms with van der Waals surface area (Å²) in [7, 11) is 1.74. The van der Waals surface area contributed by atoms with Crippen molar-refractivity contribution in [3.05, 3.63) is 41.0 Å². The minimum absolute atomic E-state index is 0.159. The smallest absolute Gasteiger partial charge is 0.243 e. The summed E-state index contributed by atoms with van der Waals surface area (Å²) in [5.41, 5.74) is 4.60. The van der Waals surface area contributed by atoms with Crippen LogP contribution in [0.1, 0.15) is 51.4 Å². The van der Waals surface area contributed by atoms with E-state index in [1.165, 1.54) is 4.90 Å². The number of benzene rings is 1. The minimum Gasteiger partial charge on any atom is -0.391 e. The molecule has 7 nitrogen and oxygen atoms in total. The molecule has 1 aromatic carbocycles. The van der Waals surface area contributed by atoms with Crippen molar-refractivity contribution in [2.45, 2.75) is 65.3 Å². The molecule has 2 aromatic rings. The standard InChI is InChI=1S/C24H34N4O3S/c1-14(16-7-9-17(10-8-16)20-15(2)26-13-32-20)27-22(30)19-11-18(29)12-28(19)23(31)21(25-6)24(3,4)5/h7-10,13-14,18-19,21,25,29H,11-12H2,1-6H3,(H,27,30)/t14-,18+,19-,21?/m1/s1. The maximum absolute atomic E-state index is 13.2. The Labute approximate surface area is 194 Å². The van der Waals surface area contributed by atoms with Gasteiger partial charge in [0, 0.05) is 13.0 Å². The van der Waals surface area contributed by atoms with E-state index >= 15 is 0 Å². The van der Waals surface area contributed by atoms with Crippen LogP contribution in [-0.4, -0.2) is 58.6 Å². The number of carbonyl (C=O) groups is 2. The molecule has 8 heteroatoms. The van der Waals surface area contributed by atoms with Gasteiger partial charge in [0.05, 0.1) is 34.3 Å². The average Bonchev–Trinajstić information content (AvgIpc) is 3.33. The van der Waals surface area contributed by atoms with Crippen molar-refractivity contribution >= 4 is 23.2 Å². The Morgan fingerprint density at radius 2 is 1.91 bits per heavy atom. The van der Waals surface area contributed by atoms with Crippen LogP contribution in [0.4, 0.5) is 0 Å². The van der Waals surface area contributed by atoms with Gasteiger partial charge in [0.1, 0.15) is 6.04 Å². The highest BCUT2D eigenvalue weighted by Crippen LogP contribution is 2.29. The second-order valence-corrected chi connectivity index (χ2v) is 10.5. The quantitative estimate of drug-likeness (QED) is 0.619. The Kier molecular flexibility index (Phi) is 7.37. The lowest BCUT2D eigenvalue weighted by Gasteiger charge is -2.34. The molecule has 2 amide bonds. The van der Waals surface area contributed by atoms with Gasteiger partial charge in [0.25, 0.3) is 0 Å². The number of hydrogen-bond acceptors (Lipinski definition) is 6. The molecule has 1 aliphatic rings. The lowest BCUT2D eigenvalue weighted by atomic mass is 9.86. The van der Waals surface area contributed by atoms with Crippen LogP contribution in [0, 0.1) is 12.3 Å². The van der Waals surface area contributed by atoms with E-state index in [2.05, 4.69) is 15.6 Å². The van der Waals surface area contributed by atoms with Crippen molar-refractivity contribution in [2.24, 2.45) is 5.41 Å². The zero-order valence-corrected chi connectivity index (χ0v) is 20.5. The molecule has 1 aliphatic heterocycles. The number of likely N-dealkylation sites (tertiary alicyclic amines) is 1. The lowest BCUT2D eigenvalue weighted by molar-refractivity contribution is -0.142. The second-order valence-electron chi connectivity index (χ2n) is 9.60. The number of nitrogens with zero attached hydrogens (tertiary/aromatic N) is 2. The van der Waals surface area contributed by atoms with Crippen LogP contribution in [0.3, 0.4) is 0 Å². The number of aromatic nitrogens is 1. The van der Waals surface area contributed by atoms with Crippen molar-refractivity contribution < 1.29 is 14.7 Å². The first-order chi connectivity index (χ1) is 15.0. The van der Waals surface area contributed by atoms with Crippen molar-refractivity contribution in [3.8, 4) is 10.4 Å². The van der Waals surface area contributed by atoms with E-state index in [4.69, 9.17) is 0 Å². The van der Waals surface area contributed by atoms with Crippen molar-refractivity contribution in [3.63, 3.8) is 0 Å². The summed E-state index contributed by atoms with van der Waals surface area (Å²) in [6, 6.07) is 6.73. The Morgan fingerprint density at radius 1 is 1.25 bits per heavy atom. The SMILES string of the molecule is CNC(C(=O)N1C[C@@H](O)C[C@@H]1C(=O)N[C@H](C)c1ccc(-c2scnc2C)cc1)C(C)(C)C. The van der Waals surface area contributed by atoms with Gasteiger partial charge >= 0.3 is 0 Å². The van der Waals surface area contributed by atoms with E-state index in [0.29, 0.717) is 0 Å². The third-order valence-electron chi connectivity index (χ3n) is 6.04. The molecule has 3 N–H and O–H groups in total. The molecule has 3 rings (SSSR count). The Morgan fingerprint density at radius 3 is 2.44 bits per heavy atom. The predicted octanol–water partition coefficient (Wildman–Crippen LogP) is 2.89. The van der Waals surface area contributed by atoms with Gasteiger partial charge in [-0.1, -0.05) is 45.0 Å². The van der Waals surface area contributed by atoms with Crippen LogP contribution in [-0.2, 0) is 9.59 Å². The first kappa shape index (κ1) is 24.4. The monoisotopic (exact) mass is 458 g/mol. The van der Waals surface area contributed by atoms with E-state index in [1.54, 1.807) is 18.4 Å². The first-order valence-electron chi connectivity index (χ1n) is 11.0. The van der Waals surface area contributed by atoms with Crippen molar-refractivity contribution in [2.75, 3.05) is 13.6 Å². The Balaban J connectivity index is 1.70. The van der Waals surface area contributed by atoms with Crippen LogP contribution < -0.4 is 10.6 Å². The molecular formula is C24H34N4O3S. The summed E-state index contributed by atoms with van der Waals surface area (Å²) < 4.78 is 0. The summed E-state index contributed by atoms with van der Waals surface area (Å²) >= 11 is 1.61. The van der Waals surface area contributed by atoms with Gasteiger partial charge in [-0.15, -0.1) is 11.3 Å². The number of thiazole rings is 1. The number of carbonyl (C=O) groups excluding carboxylic acids is 2. The zero-order valence-electron chi connectivity index (χ0n) is 19.7. The molecule has 174 valence electrons. The number of aliphatic hydroxyl groups excluding tert-OH is 1. The van der Waals surface area contributed by atoms with Gasteiger partial charge in [-0.2, -0.15) is 0 Å². The molecular weight excluding hydrogens is 424 g/mol. The molecule has 2 heterocycles. The topological polar surface area (TPSA) is 94.6 Å². The van der Waals surface area contributed by atoms with Gasteiger partial charge < -0.3 is 20.6 Å². The number of hydrogen-bond donors (Lipinski definition) is 3. The van der Waals surface area contributed by atoms with E-state index in [-0.39, 0.29) is 36.2 Å². The molecule has 0 aliphatic carbocycles. The Hall–Kier alpha value is -2.29. The molecule has 32 heavy (non-hydrogen) atoms. The highest BCUT2D eigenvalue weighted by atomic mass is 32.1. The number of nitrogens with one attached hydrogen (secondary N) is 2. The van der Waals surface area contributed by atoms with E-state index < -0.39 is 18.2 Å². The maximum Gasteiger partial charge on any atom is 0.243 e. The fraction of sp³-hybridized carbons (Fsp3) is 0.542. The number of amides is 2. The van der Waals surface area contributed by atoms with Crippen LogP contribution in [0.25, 0.3) is 10.4 Å². The maximum atomic E-state index is 13.2. The highest BCUT2D eigenvalue weighted by molar-refractivity contribution is 7.13. The van der Waals surface area contributed by atoms with Crippen LogP contribution in [0.15, 0.2) is 29.8 Å². The normalized spacial score (nSPS) is 20.8. The van der Waals surface area contributed by atoms with Gasteiger partial charge in [0.15, 0.2) is 0 Å². The molecule has 1 unspecified atom stereocenters. The minimum atomic E-state index is -0.704. The summed E-state index contributed by atoms with van der Waals surface area (Å²) in [5.74, 6) is -0.401. The lowest BCUT2D eigenvalue weighted by Crippen LogP contribution is -2.56. The van der Waals surface area contributed by atoms with E-state index in [9.17, 15) is 14.7 Å². The van der Waals surface area contributed by atoms with Crippen molar-refractivity contribution in [1.29, 1.82) is 0 Å². The largest absolute Gasteiger partial charge is 0.391 e. The first-order valence-corrected chi connectivity index (χ1v) is 11.9. The summed E-state index contributed by atoms with van der Waals surface area (Å²) in [6.45, 7) is 10.0. The summed E-state index contributed by atoms with van der Waals surface area (Å²) in [6.07, 6.45) is -0.460. The van der Waals surface area contributed by atoms with Crippen LogP contribution >= 0.6 is 11.3 Å². The van der Waals surface area contributed by atoms with E-state index in [1.807, 2.05) is 64.4 Å². The number of aliphatic hydroxyl groups is 1. The molecule has 1 aromatic heterocycles. The molecule has 0 spiro atoms. The van der Waals surface area contributed by atoms with Gasteiger partial charge in [-0.3, -0.25) is 9.59 Å². The summed E-state index contributed by atoms with van der Waals surface area (Å²) in [4.78, 5) is 33.3. The summed E-state index contributed by atoms with van der Waals surface area (Å²) in [5, 5.41) is 16.3. The zero-order chi connectivity index (χ0) is 23.6. The molecule has 0 bridgehead atoms. The second kappa shape index (κ2) is 9.68. The number of aryl methyl sites for hydroxylation is 1. The van der Waals surface area contributed by atoms with Crippen LogP contribution in [0.2, 0.25) is 0 Å². The number of β-amino-alcohol motifs (C(OH)–C–C–N with tert-alkyl or cyclic N) is 1. The molecule has 4 atom stereocenters. The number of likely N-dealkylation sites (N-methyl/N-ethyl adjacent to an activating group) is 1. The molecule has 1 saturated heterocycles. The third kappa shape index (κ3) is 5.19. The Bertz CT molecular complexity index is 951. The van der Waals surface area contributed by atoms with Crippen molar-refractivity contribution in [1.82, 2.24) is 20.5 Å². The van der Waals surface area contributed by atoms with Gasteiger partial charge in [-0.25, -0.2) is 4.98 Å². The predicted molar refractivity (Wildman–Crippen MR) is 127 cm³/mol. The fourth-order valence-corrected chi connectivity index (χ4v) is 5.11. The molecule has 0 saturated carbocycles. The number of rotatable bonds is 6. The third-order valence-corrected chi connectivity index (χ3v) is 7.02. The average molecular weight is 459 g/mol. The van der Waals surface area contributed by atoms with Gasteiger partial charge in [-0.05, 0) is 37.4 Å². The molecule has 0 radical (unpaired) electrons. The van der Waals surface area contributed by atoms with Crippen LogP contribution in [0.5, 0.6) is 0 Å².